The molecule has 9 heteroatoms. The zero-order valence-corrected chi connectivity index (χ0v) is 18.3. The van der Waals surface area contributed by atoms with Crippen molar-refractivity contribution in [1.82, 2.24) is 9.71 Å². The molecular weight excluding hydrogens is 420 g/mol. The van der Waals surface area contributed by atoms with Gasteiger partial charge in [-0.3, -0.25) is 4.79 Å². The number of nitrogens with zero attached hydrogens (tertiary/aromatic N) is 2. The van der Waals surface area contributed by atoms with E-state index in [0.29, 0.717) is 18.2 Å². The monoisotopic (exact) mass is 444 g/mol. The number of hydrogen-bond donors (Lipinski definition) is 2. The summed E-state index contributed by atoms with van der Waals surface area (Å²) >= 11 is 1.70. The highest BCUT2D eigenvalue weighted by molar-refractivity contribution is 7.89. The first-order chi connectivity index (χ1) is 14.4. The molecule has 4 rings (SSSR count). The number of rotatable bonds is 6. The zero-order chi connectivity index (χ0) is 21.1. The van der Waals surface area contributed by atoms with Gasteiger partial charge in [-0.05, 0) is 55.2 Å². The van der Waals surface area contributed by atoms with Crippen LogP contribution in [-0.2, 0) is 14.8 Å². The highest BCUT2D eigenvalue weighted by atomic mass is 32.2. The number of thiazole rings is 1. The predicted octanol–water partition coefficient (Wildman–Crippen LogP) is 3.45. The molecule has 0 aliphatic carbocycles. The molecule has 0 bridgehead atoms. The molecule has 2 N–H and O–H groups in total. The summed E-state index contributed by atoms with van der Waals surface area (Å²) in [5.74, 6) is 0.102. The summed E-state index contributed by atoms with van der Waals surface area (Å²) in [6.07, 6.45) is 1.83. The molecule has 1 fully saturated rings. The number of nitrogens with one attached hydrogen (secondary N) is 2. The van der Waals surface area contributed by atoms with E-state index in [1.54, 1.807) is 23.5 Å². The number of para-hydroxylation sites is 1. The lowest BCUT2D eigenvalue weighted by Crippen LogP contribution is -2.38. The Bertz CT molecular complexity index is 1100. The first-order valence-electron chi connectivity index (χ1n) is 9.88. The maximum Gasteiger partial charge on any atom is 0.240 e. The number of anilines is 2. The predicted molar refractivity (Wildman–Crippen MR) is 120 cm³/mol. The summed E-state index contributed by atoms with van der Waals surface area (Å²) in [7, 11) is -3.57. The Morgan fingerprint density at radius 3 is 2.50 bits per heavy atom. The van der Waals surface area contributed by atoms with Crippen LogP contribution in [0.15, 0.2) is 53.4 Å². The molecule has 1 amide bonds. The van der Waals surface area contributed by atoms with Crippen LogP contribution in [0, 0.1) is 5.92 Å². The normalized spacial score (nSPS) is 15.4. The Balaban J connectivity index is 1.31. The summed E-state index contributed by atoms with van der Waals surface area (Å²) < 4.78 is 29.1. The average Bonchev–Trinajstić information content (AvgIpc) is 3.17. The minimum absolute atomic E-state index is 0.194. The molecule has 7 nitrogen and oxygen atoms in total. The van der Waals surface area contributed by atoms with Crippen molar-refractivity contribution in [3.63, 3.8) is 0 Å². The van der Waals surface area contributed by atoms with Crippen LogP contribution in [0.1, 0.15) is 19.8 Å². The fourth-order valence-electron chi connectivity index (χ4n) is 3.56. The molecule has 30 heavy (non-hydrogen) atoms. The van der Waals surface area contributed by atoms with E-state index in [9.17, 15) is 13.2 Å². The summed E-state index contributed by atoms with van der Waals surface area (Å²) in [5.41, 5.74) is 1.60. The number of benzene rings is 2. The van der Waals surface area contributed by atoms with Gasteiger partial charge in [0.05, 0.1) is 15.1 Å². The second-order valence-electron chi connectivity index (χ2n) is 7.45. The van der Waals surface area contributed by atoms with Crippen LogP contribution in [0.25, 0.3) is 10.2 Å². The van der Waals surface area contributed by atoms with Gasteiger partial charge in [0.1, 0.15) is 0 Å². The quantitative estimate of drug-likeness (QED) is 0.608. The fourth-order valence-corrected chi connectivity index (χ4v) is 5.69. The van der Waals surface area contributed by atoms with Crippen molar-refractivity contribution < 1.29 is 13.2 Å². The van der Waals surface area contributed by atoms with Crippen molar-refractivity contribution in [2.45, 2.75) is 24.7 Å². The second-order valence-corrected chi connectivity index (χ2v) is 10.2. The van der Waals surface area contributed by atoms with Crippen LogP contribution >= 0.6 is 11.3 Å². The van der Waals surface area contributed by atoms with Crippen molar-refractivity contribution in [1.29, 1.82) is 0 Å². The van der Waals surface area contributed by atoms with Gasteiger partial charge in [-0.25, -0.2) is 18.1 Å². The summed E-state index contributed by atoms with van der Waals surface area (Å²) in [4.78, 5) is 18.3. The molecular formula is C21H24N4O3S2. The second kappa shape index (κ2) is 8.71. The highest BCUT2D eigenvalue weighted by Gasteiger charge is 2.23. The Hall–Kier alpha value is -2.49. The van der Waals surface area contributed by atoms with Gasteiger partial charge in [0.2, 0.25) is 15.9 Å². The molecule has 158 valence electrons. The van der Waals surface area contributed by atoms with E-state index in [-0.39, 0.29) is 10.8 Å². The molecule has 0 unspecified atom stereocenters. The lowest BCUT2D eigenvalue weighted by molar-refractivity contribution is -0.114. The fraction of sp³-hybridized carbons (Fsp3) is 0.333. The molecule has 3 aromatic rings. The molecule has 0 radical (unpaired) electrons. The molecule has 2 heterocycles. The van der Waals surface area contributed by atoms with Gasteiger partial charge in [0.15, 0.2) is 5.13 Å². The van der Waals surface area contributed by atoms with Gasteiger partial charge in [0.25, 0.3) is 0 Å². The number of piperidine rings is 1. The maximum atomic E-state index is 12.6. The first kappa shape index (κ1) is 20.8. The smallest absolute Gasteiger partial charge is 0.240 e. The number of carbonyl (C=O) groups is 1. The van der Waals surface area contributed by atoms with Gasteiger partial charge in [-0.15, -0.1) is 0 Å². The Morgan fingerprint density at radius 1 is 1.13 bits per heavy atom. The molecule has 1 saturated heterocycles. The van der Waals surface area contributed by atoms with Gasteiger partial charge in [-0.2, -0.15) is 0 Å². The van der Waals surface area contributed by atoms with Gasteiger partial charge < -0.3 is 10.2 Å². The third-order valence-electron chi connectivity index (χ3n) is 5.21. The van der Waals surface area contributed by atoms with Gasteiger partial charge in [0, 0.05) is 32.2 Å². The average molecular weight is 445 g/mol. The molecule has 0 saturated carbocycles. The Morgan fingerprint density at radius 2 is 1.83 bits per heavy atom. The lowest BCUT2D eigenvalue weighted by Gasteiger charge is -2.31. The highest BCUT2D eigenvalue weighted by Crippen LogP contribution is 2.31. The van der Waals surface area contributed by atoms with E-state index in [1.807, 2.05) is 18.2 Å². The lowest BCUT2D eigenvalue weighted by atomic mass is 9.97. The van der Waals surface area contributed by atoms with Gasteiger partial charge in [-0.1, -0.05) is 23.5 Å². The molecule has 0 atom stereocenters. The summed E-state index contributed by atoms with van der Waals surface area (Å²) in [6.45, 7) is 3.58. The number of hydrogen-bond acceptors (Lipinski definition) is 6. The largest absolute Gasteiger partial charge is 0.348 e. The Kier molecular flexibility index (Phi) is 6.03. The van der Waals surface area contributed by atoms with Crippen LogP contribution in [0.5, 0.6) is 0 Å². The number of amides is 1. The maximum absolute atomic E-state index is 12.6. The third kappa shape index (κ3) is 4.80. The molecule has 1 aliphatic heterocycles. The number of sulfonamides is 1. The zero-order valence-electron chi connectivity index (χ0n) is 16.7. The van der Waals surface area contributed by atoms with Crippen molar-refractivity contribution in [3.05, 3.63) is 48.5 Å². The van der Waals surface area contributed by atoms with E-state index in [1.165, 1.54) is 23.8 Å². The standard InChI is InChI=1S/C21H24N4O3S2/c1-15(26)23-17-6-8-18(9-7-17)30(27,28)22-14-16-10-12-25(13-11-16)21-24-19-4-2-3-5-20(19)29-21/h2-9,16,22H,10-14H2,1H3,(H,23,26). The van der Waals surface area contributed by atoms with Crippen LogP contribution in [0.3, 0.4) is 0 Å². The van der Waals surface area contributed by atoms with Crippen molar-refractivity contribution >= 4 is 48.3 Å². The van der Waals surface area contributed by atoms with E-state index in [4.69, 9.17) is 4.98 Å². The van der Waals surface area contributed by atoms with Crippen molar-refractivity contribution in [3.8, 4) is 0 Å². The summed E-state index contributed by atoms with van der Waals surface area (Å²) in [6, 6.07) is 14.3. The van der Waals surface area contributed by atoms with Gasteiger partial charge >= 0.3 is 0 Å². The number of aromatic nitrogens is 1. The third-order valence-corrected chi connectivity index (χ3v) is 7.75. The Labute approximate surface area is 180 Å². The number of fused-ring (bicyclic) bond motifs is 1. The van der Waals surface area contributed by atoms with E-state index in [0.717, 1.165) is 36.6 Å². The van der Waals surface area contributed by atoms with E-state index < -0.39 is 10.0 Å². The molecule has 1 aromatic heterocycles. The minimum atomic E-state index is -3.57. The van der Waals surface area contributed by atoms with E-state index >= 15 is 0 Å². The topological polar surface area (TPSA) is 91.4 Å². The summed E-state index contributed by atoms with van der Waals surface area (Å²) in [5, 5.41) is 3.67. The van der Waals surface area contributed by atoms with Crippen molar-refractivity contribution in [2.75, 3.05) is 29.9 Å². The van der Waals surface area contributed by atoms with Crippen LogP contribution in [-0.4, -0.2) is 38.9 Å². The number of carbonyl (C=O) groups excluding carboxylic acids is 1. The first-order valence-corrected chi connectivity index (χ1v) is 12.2. The van der Waals surface area contributed by atoms with E-state index in [2.05, 4.69) is 21.0 Å². The SMILES string of the molecule is CC(=O)Nc1ccc(S(=O)(=O)NCC2CCN(c3nc4ccccc4s3)CC2)cc1. The minimum Gasteiger partial charge on any atom is -0.348 e. The molecule has 1 aliphatic rings. The van der Waals surface area contributed by atoms with Crippen LogP contribution in [0.2, 0.25) is 0 Å². The van der Waals surface area contributed by atoms with Crippen LogP contribution < -0.4 is 14.9 Å². The van der Waals surface area contributed by atoms with Crippen molar-refractivity contribution in [2.24, 2.45) is 5.92 Å². The molecule has 2 aromatic carbocycles. The molecule has 0 spiro atoms. The van der Waals surface area contributed by atoms with Crippen LogP contribution in [0.4, 0.5) is 10.8 Å².